The van der Waals surface area contributed by atoms with Gasteiger partial charge in [0.2, 0.25) is 0 Å². The van der Waals surface area contributed by atoms with E-state index in [0.717, 1.165) is 11.4 Å². The summed E-state index contributed by atoms with van der Waals surface area (Å²) in [5.41, 5.74) is 4.87. The van der Waals surface area contributed by atoms with E-state index >= 15 is 0 Å². The first kappa shape index (κ1) is 25.6. The molecule has 0 aliphatic rings. The van der Waals surface area contributed by atoms with Gasteiger partial charge in [0, 0.05) is 34.7 Å². The number of ether oxygens (including phenoxy) is 1. The number of rotatable bonds is 8. The molecule has 7 heteroatoms. The third-order valence-corrected chi connectivity index (χ3v) is 6.18. The molecule has 0 radical (unpaired) electrons. The van der Waals surface area contributed by atoms with Crippen LogP contribution in [0, 0.1) is 0 Å². The lowest BCUT2D eigenvalue weighted by Crippen LogP contribution is -2.25. The van der Waals surface area contributed by atoms with Crippen LogP contribution in [0.3, 0.4) is 0 Å². The third-order valence-electron chi connectivity index (χ3n) is 6.18. The molecule has 0 bridgehead atoms. The van der Waals surface area contributed by atoms with Crippen molar-refractivity contribution in [2.24, 2.45) is 0 Å². The van der Waals surface area contributed by atoms with Gasteiger partial charge in [-0.25, -0.2) is 9.78 Å². The first-order valence-electron chi connectivity index (χ1n) is 12.7. The van der Waals surface area contributed by atoms with Gasteiger partial charge in [-0.3, -0.25) is 9.78 Å². The zero-order valence-corrected chi connectivity index (χ0v) is 21.7. The number of hydrogen-bond acceptors (Lipinski definition) is 6. The summed E-state index contributed by atoms with van der Waals surface area (Å²) in [6, 6.07) is 32.4. The van der Waals surface area contributed by atoms with Crippen molar-refractivity contribution in [2.45, 2.75) is 19.9 Å². The molecule has 0 spiro atoms. The van der Waals surface area contributed by atoms with Crippen LogP contribution < -0.4 is 10.2 Å². The smallest absolute Gasteiger partial charge is 0.339 e. The van der Waals surface area contributed by atoms with Gasteiger partial charge in [-0.2, -0.15) is 0 Å². The lowest BCUT2D eigenvalue weighted by Gasteiger charge is -2.29. The number of aromatic nitrogens is 2. The summed E-state index contributed by atoms with van der Waals surface area (Å²) < 4.78 is 5.40. The number of fused-ring (bicyclic) bond motifs is 1. The maximum Gasteiger partial charge on any atom is 0.339 e. The minimum absolute atomic E-state index is 0.245. The van der Waals surface area contributed by atoms with E-state index in [1.54, 1.807) is 18.3 Å². The summed E-state index contributed by atoms with van der Waals surface area (Å²) in [5, 5.41) is 3.45. The first-order chi connectivity index (χ1) is 19.0. The fourth-order valence-corrected chi connectivity index (χ4v) is 4.44. The van der Waals surface area contributed by atoms with E-state index in [1.807, 2.05) is 78.9 Å². The summed E-state index contributed by atoms with van der Waals surface area (Å²) in [5.74, 6) is -1.03. The van der Waals surface area contributed by atoms with Gasteiger partial charge in [0.15, 0.2) is 6.61 Å². The average molecular weight is 517 g/mol. The van der Waals surface area contributed by atoms with Crippen molar-refractivity contribution in [3.63, 3.8) is 0 Å². The van der Waals surface area contributed by atoms with Gasteiger partial charge in [-0.05, 0) is 74.5 Å². The molecule has 0 saturated heterocycles. The number of nitrogens with zero attached hydrogens (tertiary/aromatic N) is 3. The molecule has 0 unspecified atom stereocenters. The van der Waals surface area contributed by atoms with Crippen LogP contribution in [0.4, 0.5) is 17.1 Å². The lowest BCUT2D eigenvalue weighted by molar-refractivity contribution is -0.119. The second kappa shape index (κ2) is 11.6. The van der Waals surface area contributed by atoms with Crippen molar-refractivity contribution in [2.75, 3.05) is 16.8 Å². The number of hydrogen-bond donors (Lipinski definition) is 1. The van der Waals surface area contributed by atoms with Crippen LogP contribution in [0.2, 0.25) is 0 Å². The molecule has 194 valence electrons. The van der Waals surface area contributed by atoms with E-state index in [4.69, 9.17) is 4.74 Å². The standard InChI is InChI=1S/C32H28N4O3/c1-22(2)36(24-10-4-3-5-11-24)25-17-15-23(16-18-25)34-31(37)21-39-32(38)27-20-30(29-14-8-9-19-33-29)35-28-13-7-6-12-26(27)28/h3-20,22H,21H2,1-2H3,(H,34,37). The third kappa shape index (κ3) is 5.93. The SMILES string of the molecule is CC(C)N(c1ccccc1)c1ccc(NC(=O)COC(=O)c2cc(-c3ccccn3)nc3ccccc23)cc1. The van der Waals surface area contributed by atoms with E-state index in [1.165, 1.54) is 0 Å². The molecule has 0 fully saturated rings. The Morgan fingerprint density at radius 1 is 0.821 bits per heavy atom. The van der Waals surface area contributed by atoms with Crippen molar-refractivity contribution >= 4 is 39.8 Å². The number of carbonyl (C=O) groups is 2. The van der Waals surface area contributed by atoms with Crippen LogP contribution in [-0.2, 0) is 9.53 Å². The minimum atomic E-state index is -0.605. The molecule has 0 saturated carbocycles. The summed E-state index contributed by atoms with van der Waals surface area (Å²) in [6.07, 6.45) is 1.67. The number of amides is 1. The van der Waals surface area contributed by atoms with Crippen LogP contribution in [0.15, 0.2) is 109 Å². The Kier molecular flexibility index (Phi) is 7.59. The number of esters is 1. The number of benzene rings is 3. The Labute approximate surface area is 227 Å². The van der Waals surface area contributed by atoms with Gasteiger partial charge >= 0.3 is 5.97 Å². The number of anilines is 3. The maximum absolute atomic E-state index is 13.1. The van der Waals surface area contributed by atoms with Gasteiger partial charge in [0.05, 0.1) is 22.5 Å². The summed E-state index contributed by atoms with van der Waals surface area (Å²) in [4.78, 5) is 36.9. The highest BCUT2D eigenvalue weighted by molar-refractivity contribution is 6.05. The fraction of sp³-hybridized carbons (Fsp3) is 0.125. The Morgan fingerprint density at radius 3 is 2.23 bits per heavy atom. The second-order valence-electron chi connectivity index (χ2n) is 9.26. The Hall–Kier alpha value is -5.04. The molecule has 3 aromatic carbocycles. The molecule has 39 heavy (non-hydrogen) atoms. The Balaban J connectivity index is 1.27. The molecule has 5 aromatic rings. The normalized spacial score (nSPS) is 10.8. The van der Waals surface area contributed by atoms with Crippen LogP contribution >= 0.6 is 0 Å². The zero-order valence-electron chi connectivity index (χ0n) is 21.7. The maximum atomic E-state index is 13.1. The molecule has 7 nitrogen and oxygen atoms in total. The number of carbonyl (C=O) groups excluding carboxylic acids is 2. The van der Waals surface area contributed by atoms with E-state index in [9.17, 15) is 9.59 Å². The molecular formula is C32H28N4O3. The summed E-state index contributed by atoms with van der Waals surface area (Å²) in [7, 11) is 0. The second-order valence-corrected chi connectivity index (χ2v) is 9.26. The number of para-hydroxylation sites is 2. The van der Waals surface area contributed by atoms with Crippen molar-refractivity contribution < 1.29 is 14.3 Å². The van der Waals surface area contributed by atoms with Crippen molar-refractivity contribution in [1.29, 1.82) is 0 Å². The van der Waals surface area contributed by atoms with E-state index in [0.29, 0.717) is 33.5 Å². The van der Waals surface area contributed by atoms with E-state index in [-0.39, 0.29) is 6.04 Å². The first-order valence-corrected chi connectivity index (χ1v) is 12.7. The van der Waals surface area contributed by atoms with Crippen molar-refractivity contribution in [3.05, 3.63) is 115 Å². The van der Waals surface area contributed by atoms with Gasteiger partial charge in [-0.15, -0.1) is 0 Å². The van der Waals surface area contributed by atoms with Gasteiger partial charge in [-0.1, -0.05) is 42.5 Å². The van der Waals surface area contributed by atoms with Gasteiger partial charge in [0.1, 0.15) is 0 Å². The highest BCUT2D eigenvalue weighted by Crippen LogP contribution is 2.29. The molecule has 2 heterocycles. The van der Waals surface area contributed by atoms with Gasteiger partial charge in [0.25, 0.3) is 5.91 Å². The predicted octanol–water partition coefficient (Wildman–Crippen LogP) is 6.64. The van der Waals surface area contributed by atoms with E-state index < -0.39 is 18.5 Å². The molecule has 1 amide bonds. The van der Waals surface area contributed by atoms with Crippen molar-refractivity contribution in [3.8, 4) is 11.4 Å². The highest BCUT2D eigenvalue weighted by Gasteiger charge is 2.17. The monoisotopic (exact) mass is 516 g/mol. The van der Waals surface area contributed by atoms with Crippen LogP contribution in [-0.4, -0.2) is 34.5 Å². The summed E-state index contributed by atoms with van der Waals surface area (Å²) >= 11 is 0. The highest BCUT2D eigenvalue weighted by atomic mass is 16.5. The number of nitrogens with one attached hydrogen (secondary N) is 1. The van der Waals surface area contributed by atoms with Crippen LogP contribution in [0.1, 0.15) is 24.2 Å². The van der Waals surface area contributed by atoms with E-state index in [2.05, 4.69) is 46.2 Å². The molecule has 0 aliphatic heterocycles. The molecule has 5 rings (SSSR count). The zero-order chi connectivity index (χ0) is 27.2. The van der Waals surface area contributed by atoms with Crippen LogP contribution in [0.25, 0.3) is 22.3 Å². The van der Waals surface area contributed by atoms with Gasteiger partial charge < -0.3 is 15.0 Å². The molecule has 0 aliphatic carbocycles. The topological polar surface area (TPSA) is 84.4 Å². The molecule has 0 atom stereocenters. The average Bonchev–Trinajstić information content (AvgIpc) is 2.97. The quantitative estimate of drug-likeness (QED) is 0.233. The molecular weight excluding hydrogens is 488 g/mol. The lowest BCUT2D eigenvalue weighted by atomic mass is 10.1. The van der Waals surface area contributed by atoms with Crippen molar-refractivity contribution in [1.82, 2.24) is 9.97 Å². The fourth-order valence-electron chi connectivity index (χ4n) is 4.44. The largest absolute Gasteiger partial charge is 0.452 e. The predicted molar refractivity (Wildman–Crippen MR) is 154 cm³/mol. The summed E-state index contributed by atoms with van der Waals surface area (Å²) in [6.45, 7) is 3.84. The molecule has 2 aromatic heterocycles. The van der Waals surface area contributed by atoms with Crippen LogP contribution in [0.5, 0.6) is 0 Å². The Bertz CT molecular complexity index is 1590. The Morgan fingerprint density at radius 2 is 1.51 bits per heavy atom. The minimum Gasteiger partial charge on any atom is -0.452 e. The number of pyridine rings is 2. The molecule has 1 N–H and O–H groups in total.